The highest BCUT2D eigenvalue weighted by Crippen LogP contribution is 2.22. The number of aliphatic carboxylic acids is 1. The van der Waals surface area contributed by atoms with E-state index in [0.717, 1.165) is 11.1 Å². The Bertz CT molecular complexity index is 593. The fourth-order valence-corrected chi connectivity index (χ4v) is 1.98. The lowest BCUT2D eigenvalue weighted by Gasteiger charge is -2.16. The average Bonchev–Trinajstić information content (AvgIpc) is 2.42. The van der Waals surface area contributed by atoms with Crippen LogP contribution < -0.4 is 4.74 Å². The SMILES string of the molecule is Cc1ccccc1C(COc1ccc(F)cc1)C(=O)O. The number of carboxylic acid groups (broad SMARTS) is 1. The summed E-state index contributed by atoms with van der Waals surface area (Å²) in [6.07, 6.45) is 0. The third-order valence-electron chi connectivity index (χ3n) is 3.09. The van der Waals surface area contributed by atoms with Crippen LogP contribution in [0.5, 0.6) is 5.75 Å². The molecule has 0 saturated carbocycles. The van der Waals surface area contributed by atoms with Crippen LogP contribution in [0.3, 0.4) is 0 Å². The number of aryl methyl sites for hydroxylation is 1. The number of carbonyl (C=O) groups is 1. The van der Waals surface area contributed by atoms with Gasteiger partial charge in [0.15, 0.2) is 0 Å². The van der Waals surface area contributed by atoms with Crippen LogP contribution in [0.4, 0.5) is 4.39 Å². The molecule has 104 valence electrons. The van der Waals surface area contributed by atoms with Gasteiger partial charge in [-0.15, -0.1) is 0 Å². The second kappa shape index (κ2) is 6.19. The first-order valence-electron chi connectivity index (χ1n) is 6.24. The number of rotatable bonds is 5. The van der Waals surface area contributed by atoms with Crippen molar-refractivity contribution in [1.82, 2.24) is 0 Å². The van der Waals surface area contributed by atoms with Gasteiger partial charge in [-0.05, 0) is 42.3 Å². The minimum absolute atomic E-state index is 0.00577. The molecule has 1 atom stereocenters. The summed E-state index contributed by atoms with van der Waals surface area (Å²) in [6.45, 7) is 1.87. The van der Waals surface area contributed by atoms with Crippen molar-refractivity contribution in [3.05, 3.63) is 65.5 Å². The van der Waals surface area contributed by atoms with Gasteiger partial charge in [0.25, 0.3) is 0 Å². The summed E-state index contributed by atoms with van der Waals surface area (Å²) < 4.78 is 18.2. The maximum absolute atomic E-state index is 12.8. The van der Waals surface area contributed by atoms with Crippen molar-refractivity contribution in [2.75, 3.05) is 6.61 Å². The molecule has 0 bridgehead atoms. The third-order valence-corrected chi connectivity index (χ3v) is 3.09. The van der Waals surface area contributed by atoms with Crippen molar-refractivity contribution < 1.29 is 19.0 Å². The molecule has 20 heavy (non-hydrogen) atoms. The maximum atomic E-state index is 12.8. The van der Waals surface area contributed by atoms with Crippen molar-refractivity contribution in [2.24, 2.45) is 0 Å². The van der Waals surface area contributed by atoms with Gasteiger partial charge in [0, 0.05) is 0 Å². The van der Waals surface area contributed by atoms with Crippen molar-refractivity contribution >= 4 is 5.97 Å². The zero-order valence-corrected chi connectivity index (χ0v) is 11.0. The van der Waals surface area contributed by atoms with Gasteiger partial charge in [-0.1, -0.05) is 24.3 Å². The largest absolute Gasteiger partial charge is 0.492 e. The first-order chi connectivity index (χ1) is 9.58. The number of carboxylic acids is 1. The highest BCUT2D eigenvalue weighted by atomic mass is 19.1. The van der Waals surface area contributed by atoms with Crippen LogP contribution >= 0.6 is 0 Å². The fourth-order valence-electron chi connectivity index (χ4n) is 1.98. The van der Waals surface area contributed by atoms with Gasteiger partial charge in [0.05, 0.1) is 0 Å². The molecule has 2 aromatic rings. The predicted octanol–water partition coefficient (Wildman–Crippen LogP) is 3.38. The number of hydrogen-bond acceptors (Lipinski definition) is 2. The molecule has 0 aliphatic rings. The molecule has 0 amide bonds. The number of benzene rings is 2. The molecular formula is C16H15FO3. The molecule has 2 aromatic carbocycles. The van der Waals surface area contributed by atoms with Crippen LogP contribution in [0.15, 0.2) is 48.5 Å². The summed E-state index contributed by atoms with van der Waals surface area (Å²) in [5.74, 6) is -1.60. The molecule has 0 saturated heterocycles. The molecule has 1 unspecified atom stereocenters. The predicted molar refractivity (Wildman–Crippen MR) is 73.5 cm³/mol. The molecule has 0 radical (unpaired) electrons. The Morgan fingerprint density at radius 2 is 1.85 bits per heavy atom. The molecule has 0 aliphatic carbocycles. The summed E-state index contributed by atoms with van der Waals surface area (Å²) in [5.41, 5.74) is 1.63. The second-order valence-corrected chi connectivity index (χ2v) is 4.51. The van der Waals surface area contributed by atoms with E-state index < -0.39 is 11.9 Å². The lowest BCUT2D eigenvalue weighted by Crippen LogP contribution is -2.20. The van der Waals surface area contributed by atoms with Gasteiger partial charge in [-0.25, -0.2) is 4.39 Å². The lowest BCUT2D eigenvalue weighted by molar-refractivity contribution is -0.139. The number of hydrogen-bond donors (Lipinski definition) is 1. The van der Waals surface area contributed by atoms with Crippen molar-refractivity contribution in [2.45, 2.75) is 12.8 Å². The molecule has 1 N–H and O–H groups in total. The van der Waals surface area contributed by atoms with E-state index in [4.69, 9.17) is 4.74 Å². The van der Waals surface area contributed by atoms with E-state index in [1.165, 1.54) is 24.3 Å². The molecule has 2 rings (SSSR count). The molecule has 0 aliphatic heterocycles. The summed E-state index contributed by atoms with van der Waals surface area (Å²) >= 11 is 0. The van der Waals surface area contributed by atoms with Crippen LogP contribution in [0, 0.1) is 12.7 Å². The quantitative estimate of drug-likeness (QED) is 0.909. The Labute approximate surface area is 116 Å². The van der Waals surface area contributed by atoms with Gasteiger partial charge >= 0.3 is 5.97 Å². The van der Waals surface area contributed by atoms with Gasteiger partial charge in [-0.2, -0.15) is 0 Å². The summed E-state index contributed by atoms with van der Waals surface area (Å²) in [5, 5.41) is 9.33. The van der Waals surface area contributed by atoms with Crippen molar-refractivity contribution in [3.8, 4) is 5.75 Å². The average molecular weight is 274 g/mol. The standard InChI is InChI=1S/C16H15FO3/c1-11-4-2-3-5-14(11)15(16(18)19)10-20-13-8-6-12(17)7-9-13/h2-9,15H,10H2,1H3,(H,18,19). The highest BCUT2D eigenvalue weighted by molar-refractivity contribution is 5.76. The summed E-state index contributed by atoms with van der Waals surface area (Å²) in [7, 11) is 0. The first kappa shape index (κ1) is 14.1. The van der Waals surface area contributed by atoms with E-state index >= 15 is 0 Å². The Morgan fingerprint density at radius 1 is 1.20 bits per heavy atom. The summed E-state index contributed by atoms with van der Waals surface area (Å²) in [6, 6.07) is 12.8. The molecule has 0 aromatic heterocycles. The first-order valence-corrected chi connectivity index (χ1v) is 6.24. The van der Waals surface area contributed by atoms with Crippen LogP contribution in [-0.4, -0.2) is 17.7 Å². The molecule has 0 spiro atoms. The fraction of sp³-hybridized carbons (Fsp3) is 0.188. The Hall–Kier alpha value is -2.36. The van der Waals surface area contributed by atoms with Gasteiger partial charge in [0.1, 0.15) is 24.1 Å². The van der Waals surface area contributed by atoms with E-state index in [1.807, 2.05) is 19.1 Å². The third kappa shape index (κ3) is 3.35. The van der Waals surface area contributed by atoms with Gasteiger partial charge in [-0.3, -0.25) is 4.79 Å². The smallest absolute Gasteiger partial charge is 0.314 e. The summed E-state index contributed by atoms with van der Waals surface area (Å²) in [4.78, 5) is 11.4. The van der Waals surface area contributed by atoms with E-state index in [9.17, 15) is 14.3 Å². The van der Waals surface area contributed by atoms with Crippen LogP contribution in [-0.2, 0) is 4.79 Å². The minimum atomic E-state index is -0.943. The Kier molecular flexibility index (Phi) is 4.35. The van der Waals surface area contributed by atoms with E-state index in [1.54, 1.807) is 12.1 Å². The molecule has 0 fully saturated rings. The Balaban J connectivity index is 2.13. The second-order valence-electron chi connectivity index (χ2n) is 4.51. The monoisotopic (exact) mass is 274 g/mol. The van der Waals surface area contributed by atoms with Crippen LogP contribution in [0.25, 0.3) is 0 Å². The van der Waals surface area contributed by atoms with Gasteiger partial charge in [0.2, 0.25) is 0 Å². The lowest BCUT2D eigenvalue weighted by atomic mass is 9.96. The number of ether oxygens (including phenoxy) is 1. The maximum Gasteiger partial charge on any atom is 0.314 e. The van der Waals surface area contributed by atoms with E-state index in [0.29, 0.717) is 5.75 Å². The minimum Gasteiger partial charge on any atom is -0.492 e. The zero-order valence-electron chi connectivity index (χ0n) is 11.0. The van der Waals surface area contributed by atoms with Crippen molar-refractivity contribution in [1.29, 1.82) is 0 Å². The topological polar surface area (TPSA) is 46.5 Å². The molecule has 0 heterocycles. The highest BCUT2D eigenvalue weighted by Gasteiger charge is 2.22. The Morgan fingerprint density at radius 3 is 2.45 bits per heavy atom. The van der Waals surface area contributed by atoms with E-state index in [-0.39, 0.29) is 12.4 Å². The molecule has 3 nitrogen and oxygen atoms in total. The van der Waals surface area contributed by atoms with Crippen LogP contribution in [0.1, 0.15) is 17.0 Å². The zero-order chi connectivity index (χ0) is 14.5. The molecule has 4 heteroatoms. The number of halogens is 1. The molecular weight excluding hydrogens is 259 g/mol. The van der Waals surface area contributed by atoms with E-state index in [2.05, 4.69) is 0 Å². The van der Waals surface area contributed by atoms with Crippen molar-refractivity contribution in [3.63, 3.8) is 0 Å². The van der Waals surface area contributed by atoms with Gasteiger partial charge < -0.3 is 9.84 Å². The van der Waals surface area contributed by atoms with Crippen LogP contribution in [0.2, 0.25) is 0 Å². The normalized spacial score (nSPS) is 11.9.